The number of para-hydroxylation sites is 1. The number of benzene rings is 1. The van der Waals surface area contributed by atoms with Crippen LogP contribution in [0.3, 0.4) is 0 Å². The van der Waals surface area contributed by atoms with Crippen LogP contribution in [0.25, 0.3) is 10.2 Å². The van der Waals surface area contributed by atoms with Crippen molar-refractivity contribution in [1.29, 1.82) is 0 Å². The smallest absolute Gasteiger partial charge is 0.239 e. The molecule has 1 aromatic carbocycles. The lowest BCUT2D eigenvalue weighted by Gasteiger charge is -2.31. The average molecular weight is 360 g/mol. The minimum absolute atomic E-state index is 0.0435. The second-order valence-corrected chi connectivity index (χ2v) is 7.39. The molecule has 25 heavy (non-hydrogen) atoms. The molecule has 1 aromatic heterocycles. The predicted molar refractivity (Wildman–Crippen MR) is 99.7 cm³/mol. The molecule has 1 aliphatic heterocycles. The molecule has 1 saturated heterocycles. The van der Waals surface area contributed by atoms with Gasteiger partial charge in [-0.3, -0.25) is 14.5 Å². The molecular formula is C18H24N4O2S. The van der Waals surface area contributed by atoms with Crippen molar-refractivity contribution in [3.05, 3.63) is 29.3 Å². The number of piperidine rings is 1. The molecule has 3 rings (SSSR count). The Bertz CT molecular complexity index is 713. The van der Waals surface area contributed by atoms with Gasteiger partial charge >= 0.3 is 0 Å². The number of aromatic nitrogens is 1. The van der Waals surface area contributed by atoms with Crippen LogP contribution in [0.5, 0.6) is 0 Å². The van der Waals surface area contributed by atoms with Gasteiger partial charge in [-0.1, -0.05) is 12.1 Å². The lowest BCUT2D eigenvalue weighted by molar-refractivity contribution is -0.126. The minimum atomic E-state index is -0.151. The lowest BCUT2D eigenvalue weighted by Crippen LogP contribution is -2.44. The second kappa shape index (κ2) is 8.40. The highest BCUT2D eigenvalue weighted by Crippen LogP contribution is 2.32. The van der Waals surface area contributed by atoms with E-state index >= 15 is 0 Å². The van der Waals surface area contributed by atoms with Gasteiger partial charge in [-0.2, -0.15) is 0 Å². The average Bonchev–Trinajstić information content (AvgIpc) is 3.05. The number of nitrogens with zero attached hydrogens (tertiary/aromatic N) is 2. The normalized spacial score (nSPS) is 18.2. The van der Waals surface area contributed by atoms with E-state index < -0.39 is 0 Å². The van der Waals surface area contributed by atoms with Gasteiger partial charge in [0, 0.05) is 19.0 Å². The number of thiazole rings is 1. The number of rotatable bonds is 6. The van der Waals surface area contributed by atoms with E-state index in [1.807, 2.05) is 25.1 Å². The summed E-state index contributed by atoms with van der Waals surface area (Å²) in [5.74, 6) is 0.125. The van der Waals surface area contributed by atoms with Crippen molar-refractivity contribution in [2.45, 2.75) is 25.7 Å². The monoisotopic (exact) mass is 360 g/mol. The van der Waals surface area contributed by atoms with Crippen molar-refractivity contribution in [3.63, 3.8) is 0 Å². The Morgan fingerprint density at radius 2 is 2.12 bits per heavy atom. The Kier molecular flexibility index (Phi) is 5.99. The molecule has 2 amide bonds. The molecule has 1 fully saturated rings. The van der Waals surface area contributed by atoms with Gasteiger partial charge in [-0.05, 0) is 38.4 Å². The summed E-state index contributed by atoms with van der Waals surface area (Å²) in [4.78, 5) is 30.4. The predicted octanol–water partition coefficient (Wildman–Crippen LogP) is 1.73. The summed E-state index contributed by atoms with van der Waals surface area (Å²) < 4.78 is 1.22. The fourth-order valence-electron chi connectivity index (χ4n) is 3.16. The number of carbonyl (C=O) groups excluding carboxylic acids is 2. The van der Waals surface area contributed by atoms with Crippen molar-refractivity contribution in [2.24, 2.45) is 0 Å². The maximum Gasteiger partial charge on any atom is 0.239 e. The van der Waals surface area contributed by atoms with Crippen molar-refractivity contribution in [1.82, 2.24) is 20.5 Å². The van der Waals surface area contributed by atoms with E-state index in [4.69, 9.17) is 4.98 Å². The van der Waals surface area contributed by atoms with E-state index in [9.17, 15) is 9.59 Å². The highest BCUT2D eigenvalue weighted by Gasteiger charge is 2.25. The molecule has 2 aromatic rings. The van der Waals surface area contributed by atoms with Gasteiger partial charge in [-0.25, -0.2) is 4.98 Å². The Labute approximate surface area is 151 Å². The molecule has 2 heterocycles. The minimum Gasteiger partial charge on any atom is -0.355 e. The van der Waals surface area contributed by atoms with E-state index in [1.54, 1.807) is 11.3 Å². The molecule has 0 radical (unpaired) electrons. The van der Waals surface area contributed by atoms with Crippen molar-refractivity contribution < 1.29 is 9.59 Å². The van der Waals surface area contributed by atoms with Crippen LogP contribution in [0.4, 0.5) is 0 Å². The number of hydrogen-bond acceptors (Lipinski definition) is 5. The number of hydrogen-bond donors (Lipinski definition) is 2. The molecule has 1 aliphatic rings. The van der Waals surface area contributed by atoms with E-state index in [-0.39, 0.29) is 18.4 Å². The number of fused-ring (bicyclic) bond motifs is 1. The van der Waals surface area contributed by atoms with Crippen molar-refractivity contribution >= 4 is 33.4 Å². The molecule has 0 spiro atoms. The summed E-state index contributed by atoms with van der Waals surface area (Å²) in [5, 5.41) is 6.52. The number of likely N-dealkylation sites (tertiary alicyclic amines) is 1. The standard InChI is InChI=1S/C18H24N4O2S/c1-2-19-16(23)10-20-17(24)12-22-9-5-6-13(11-22)18-21-14-7-3-4-8-15(14)25-18/h3-4,7-8,13H,2,5-6,9-12H2,1H3,(H,19,23)(H,20,24)/t13-/m1/s1. The van der Waals surface area contributed by atoms with Crippen molar-refractivity contribution in [2.75, 3.05) is 32.7 Å². The van der Waals surface area contributed by atoms with Gasteiger partial charge in [0.1, 0.15) is 0 Å². The van der Waals surface area contributed by atoms with E-state index in [1.165, 1.54) is 4.70 Å². The van der Waals surface area contributed by atoms with Crippen LogP contribution in [0.15, 0.2) is 24.3 Å². The first-order chi connectivity index (χ1) is 12.2. The third kappa shape index (κ3) is 4.76. The Balaban J connectivity index is 1.54. The van der Waals surface area contributed by atoms with Gasteiger partial charge < -0.3 is 10.6 Å². The van der Waals surface area contributed by atoms with Crippen LogP contribution in [0, 0.1) is 0 Å². The largest absolute Gasteiger partial charge is 0.355 e. The molecule has 1 atom stereocenters. The second-order valence-electron chi connectivity index (χ2n) is 6.32. The van der Waals surface area contributed by atoms with Crippen molar-refractivity contribution in [3.8, 4) is 0 Å². The highest BCUT2D eigenvalue weighted by atomic mass is 32.1. The number of carbonyl (C=O) groups is 2. The third-order valence-electron chi connectivity index (χ3n) is 4.35. The maximum atomic E-state index is 12.1. The molecule has 0 aliphatic carbocycles. The van der Waals surface area contributed by atoms with E-state index in [0.29, 0.717) is 19.0 Å². The molecule has 0 saturated carbocycles. The summed E-state index contributed by atoms with van der Waals surface area (Å²) >= 11 is 1.75. The summed E-state index contributed by atoms with van der Waals surface area (Å²) in [6.45, 7) is 4.56. The maximum absolute atomic E-state index is 12.1. The summed E-state index contributed by atoms with van der Waals surface area (Å²) in [6.07, 6.45) is 2.17. The zero-order chi connectivity index (χ0) is 17.6. The quantitative estimate of drug-likeness (QED) is 0.823. The van der Waals surface area contributed by atoms with Crippen LogP contribution in [0.1, 0.15) is 30.7 Å². The highest BCUT2D eigenvalue weighted by molar-refractivity contribution is 7.18. The summed E-state index contributed by atoms with van der Waals surface area (Å²) in [5.41, 5.74) is 1.05. The first kappa shape index (κ1) is 17.8. The Morgan fingerprint density at radius 1 is 1.28 bits per heavy atom. The van der Waals surface area contributed by atoms with Gasteiger partial charge in [0.15, 0.2) is 0 Å². The first-order valence-corrected chi connectivity index (χ1v) is 9.58. The van der Waals surface area contributed by atoms with Crippen LogP contribution < -0.4 is 10.6 Å². The first-order valence-electron chi connectivity index (χ1n) is 8.77. The Hall–Kier alpha value is -1.99. The Morgan fingerprint density at radius 3 is 2.92 bits per heavy atom. The molecule has 6 nitrogen and oxygen atoms in total. The molecule has 0 unspecified atom stereocenters. The molecule has 134 valence electrons. The van der Waals surface area contributed by atoms with Crippen LogP contribution >= 0.6 is 11.3 Å². The van der Waals surface area contributed by atoms with Crippen LogP contribution in [-0.2, 0) is 9.59 Å². The van der Waals surface area contributed by atoms with Gasteiger partial charge in [-0.15, -0.1) is 11.3 Å². The zero-order valence-electron chi connectivity index (χ0n) is 14.5. The molecule has 0 bridgehead atoms. The van der Waals surface area contributed by atoms with Gasteiger partial charge in [0.25, 0.3) is 0 Å². The lowest BCUT2D eigenvalue weighted by atomic mass is 9.99. The van der Waals surface area contributed by atoms with E-state index in [0.717, 1.165) is 36.5 Å². The third-order valence-corrected chi connectivity index (χ3v) is 5.55. The van der Waals surface area contributed by atoms with Crippen LogP contribution in [0.2, 0.25) is 0 Å². The summed E-state index contributed by atoms with van der Waals surface area (Å²) in [7, 11) is 0. The number of amides is 2. The molecular weight excluding hydrogens is 336 g/mol. The number of nitrogens with one attached hydrogen (secondary N) is 2. The topological polar surface area (TPSA) is 74.3 Å². The fraction of sp³-hybridized carbons (Fsp3) is 0.500. The van der Waals surface area contributed by atoms with Crippen LogP contribution in [-0.4, -0.2) is 54.4 Å². The van der Waals surface area contributed by atoms with Gasteiger partial charge in [0.05, 0.1) is 28.3 Å². The molecule has 7 heteroatoms. The molecule has 2 N–H and O–H groups in total. The fourth-order valence-corrected chi connectivity index (χ4v) is 4.26. The number of likely N-dealkylation sites (N-methyl/N-ethyl adjacent to an activating group) is 1. The van der Waals surface area contributed by atoms with Gasteiger partial charge in [0.2, 0.25) is 11.8 Å². The zero-order valence-corrected chi connectivity index (χ0v) is 15.3. The van der Waals surface area contributed by atoms with E-state index in [2.05, 4.69) is 21.6 Å². The summed E-state index contributed by atoms with van der Waals surface area (Å²) in [6, 6.07) is 8.20. The SMILES string of the molecule is CCNC(=O)CNC(=O)CN1CCC[C@@H](c2nc3ccccc3s2)C1.